The Kier molecular flexibility index (Phi) is 4.74. The molecule has 2 aromatic carbocycles. The SMILES string of the molecule is COc1cccc(-c2nc(C=Nc3cc(Cl)ccc3Cl)c(O)o2)c1. The van der Waals surface area contributed by atoms with Crippen molar-refractivity contribution >= 4 is 35.1 Å². The molecular formula is C17H12Cl2N2O3. The maximum atomic E-state index is 9.91. The number of methoxy groups -OCH3 is 1. The van der Waals surface area contributed by atoms with Crippen LogP contribution in [0.5, 0.6) is 11.7 Å². The Bertz CT molecular complexity index is 907. The molecule has 1 N–H and O–H groups in total. The Labute approximate surface area is 148 Å². The summed E-state index contributed by atoms with van der Waals surface area (Å²) in [7, 11) is 1.57. The molecule has 0 saturated carbocycles. The smallest absolute Gasteiger partial charge is 0.312 e. The van der Waals surface area contributed by atoms with E-state index in [1.165, 1.54) is 6.21 Å². The third-order valence-corrected chi connectivity index (χ3v) is 3.74. The van der Waals surface area contributed by atoms with Crippen LogP contribution in [0.4, 0.5) is 5.69 Å². The lowest BCUT2D eigenvalue weighted by Crippen LogP contribution is -1.85. The van der Waals surface area contributed by atoms with Crippen molar-refractivity contribution in [2.24, 2.45) is 4.99 Å². The van der Waals surface area contributed by atoms with Gasteiger partial charge in [-0.15, -0.1) is 0 Å². The monoisotopic (exact) mass is 362 g/mol. The molecule has 3 aromatic rings. The molecule has 0 unspecified atom stereocenters. The number of aliphatic imine (C=N–C) groups is 1. The van der Waals surface area contributed by atoms with Crippen molar-refractivity contribution in [1.29, 1.82) is 0 Å². The Morgan fingerprint density at radius 3 is 2.83 bits per heavy atom. The minimum atomic E-state index is -0.338. The summed E-state index contributed by atoms with van der Waals surface area (Å²) in [5.74, 6) is 0.575. The molecule has 122 valence electrons. The molecule has 0 spiro atoms. The molecule has 0 fully saturated rings. The molecular weight excluding hydrogens is 351 g/mol. The molecule has 0 aliphatic rings. The number of ether oxygens (including phenoxy) is 1. The first kappa shape index (κ1) is 16.4. The van der Waals surface area contributed by atoms with Crippen molar-refractivity contribution < 1.29 is 14.3 Å². The first-order chi connectivity index (χ1) is 11.6. The molecule has 1 heterocycles. The second-order valence-electron chi connectivity index (χ2n) is 4.80. The highest BCUT2D eigenvalue weighted by molar-refractivity contribution is 6.35. The summed E-state index contributed by atoms with van der Waals surface area (Å²) in [5, 5.41) is 10.9. The Morgan fingerprint density at radius 2 is 2.04 bits per heavy atom. The summed E-state index contributed by atoms with van der Waals surface area (Å²) in [4.78, 5) is 8.41. The van der Waals surface area contributed by atoms with Crippen LogP contribution < -0.4 is 4.74 Å². The lowest BCUT2D eigenvalue weighted by Gasteiger charge is -2.00. The van der Waals surface area contributed by atoms with Gasteiger partial charge in [0.05, 0.1) is 24.0 Å². The molecule has 1 aromatic heterocycles. The largest absolute Gasteiger partial charge is 0.497 e. The van der Waals surface area contributed by atoms with Crippen molar-refractivity contribution in [3.05, 3.63) is 58.2 Å². The molecule has 0 radical (unpaired) electrons. The number of hydrogen-bond donors (Lipinski definition) is 1. The number of benzene rings is 2. The van der Waals surface area contributed by atoms with Gasteiger partial charge in [-0.25, -0.2) is 4.98 Å². The van der Waals surface area contributed by atoms with Crippen LogP contribution in [-0.4, -0.2) is 23.4 Å². The molecule has 5 nitrogen and oxygen atoms in total. The van der Waals surface area contributed by atoms with Crippen LogP contribution in [0.15, 0.2) is 51.9 Å². The van der Waals surface area contributed by atoms with Gasteiger partial charge in [0.2, 0.25) is 5.89 Å². The summed E-state index contributed by atoms with van der Waals surface area (Å²) in [6.07, 6.45) is 1.36. The van der Waals surface area contributed by atoms with Gasteiger partial charge in [-0.1, -0.05) is 29.3 Å². The molecule has 0 saturated heterocycles. The zero-order chi connectivity index (χ0) is 17.1. The van der Waals surface area contributed by atoms with Gasteiger partial charge in [-0.3, -0.25) is 4.99 Å². The van der Waals surface area contributed by atoms with Gasteiger partial charge in [-0.2, -0.15) is 0 Å². The molecule has 0 atom stereocenters. The Morgan fingerprint density at radius 1 is 1.21 bits per heavy atom. The highest BCUT2D eigenvalue weighted by atomic mass is 35.5. The van der Waals surface area contributed by atoms with Crippen LogP contribution in [-0.2, 0) is 0 Å². The zero-order valence-electron chi connectivity index (χ0n) is 12.5. The van der Waals surface area contributed by atoms with Crippen molar-refractivity contribution in [3.8, 4) is 23.1 Å². The fourth-order valence-corrected chi connectivity index (χ4v) is 2.34. The molecule has 7 heteroatoms. The van der Waals surface area contributed by atoms with Gasteiger partial charge in [0.15, 0.2) is 5.69 Å². The van der Waals surface area contributed by atoms with E-state index >= 15 is 0 Å². The van der Waals surface area contributed by atoms with Crippen LogP contribution in [0.2, 0.25) is 10.0 Å². The fourth-order valence-electron chi connectivity index (χ4n) is 2.00. The van der Waals surface area contributed by atoms with E-state index in [4.69, 9.17) is 32.4 Å². The topological polar surface area (TPSA) is 67.9 Å². The van der Waals surface area contributed by atoms with E-state index in [9.17, 15) is 5.11 Å². The standard InChI is InChI=1S/C17H12Cl2N2O3/c1-23-12-4-2-3-10(7-12)16-21-15(17(22)24-16)9-20-14-8-11(18)5-6-13(14)19/h2-9,22H,1H3. The van der Waals surface area contributed by atoms with E-state index in [-0.39, 0.29) is 17.5 Å². The van der Waals surface area contributed by atoms with Crippen LogP contribution >= 0.6 is 23.2 Å². The number of hydrogen-bond acceptors (Lipinski definition) is 5. The van der Waals surface area contributed by atoms with E-state index < -0.39 is 0 Å². The molecule has 24 heavy (non-hydrogen) atoms. The van der Waals surface area contributed by atoms with Gasteiger partial charge in [0.25, 0.3) is 0 Å². The zero-order valence-corrected chi connectivity index (χ0v) is 14.0. The van der Waals surface area contributed by atoms with Gasteiger partial charge >= 0.3 is 5.95 Å². The number of oxazole rings is 1. The molecule has 0 aliphatic carbocycles. The number of aromatic nitrogens is 1. The Hall–Kier alpha value is -2.50. The summed E-state index contributed by atoms with van der Waals surface area (Å²) < 4.78 is 10.4. The van der Waals surface area contributed by atoms with E-state index in [1.54, 1.807) is 49.6 Å². The minimum Gasteiger partial charge on any atom is -0.497 e. The van der Waals surface area contributed by atoms with Crippen molar-refractivity contribution in [3.63, 3.8) is 0 Å². The van der Waals surface area contributed by atoms with Crippen molar-refractivity contribution in [1.82, 2.24) is 4.98 Å². The molecule has 0 aliphatic heterocycles. The highest BCUT2D eigenvalue weighted by Crippen LogP contribution is 2.30. The normalized spacial score (nSPS) is 11.1. The summed E-state index contributed by atoms with van der Waals surface area (Å²) in [6.45, 7) is 0. The lowest BCUT2D eigenvalue weighted by atomic mass is 10.2. The number of rotatable bonds is 4. The lowest BCUT2D eigenvalue weighted by molar-refractivity contribution is 0.336. The molecule has 3 rings (SSSR count). The summed E-state index contributed by atoms with van der Waals surface area (Å²) in [6, 6.07) is 12.1. The third-order valence-electron chi connectivity index (χ3n) is 3.19. The second kappa shape index (κ2) is 6.95. The average molecular weight is 363 g/mol. The summed E-state index contributed by atoms with van der Waals surface area (Å²) in [5.41, 5.74) is 1.32. The number of halogens is 2. The predicted molar refractivity (Wildman–Crippen MR) is 93.9 cm³/mol. The maximum Gasteiger partial charge on any atom is 0.312 e. The highest BCUT2D eigenvalue weighted by Gasteiger charge is 2.13. The predicted octanol–water partition coefficient (Wildman–Crippen LogP) is 5.11. The van der Waals surface area contributed by atoms with Gasteiger partial charge in [0.1, 0.15) is 5.75 Å². The number of aromatic hydroxyl groups is 1. The van der Waals surface area contributed by atoms with E-state index in [0.29, 0.717) is 27.0 Å². The van der Waals surface area contributed by atoms with Crippen molar-refractivity contribution in [2.75, 3.05) is 7.11 Å². The Balaban J connectivity index is 1.91. The molecule has 0 bridgehead atoms. The number of nitrogens with zero attached hydrogens (tertiary/aromatic N) is 2. The second-order valence-corrected chi connectivity index (χ2v) is 5.64. The quantitative estimate of drug-likeness (QED) is 0.654. The fraction of sp³-hybridized carbons (Fsp3) is 0.0588. The first-order valence-electron chi connectivity index (χ1n) is 6.90. The van der Waals surface area contributed by atoms with Gasteiger partial charge < -0.3 is 14.3 Å². The van der Waals surface area contributed by atoms with Crippen LogP contribution in [0.1, 0.15) is 5.69 Å². The first-order valence-corrected chi connectivity index (χ1v) is 7.66. The van der Waals surface area contributed by atoms with Crippen LogP contribution in [0.25, 0.3) is 11.5 Å². The third kappa shape index (κ3) is 3.53. The summed E-state index contributed by atoms with van der Waals surface area (Å²) >= 11 is 12.0. The average Bonchev–Trinajstić information content (AvgIpc) is 2.97. The van der Waals surface area contributed by atoms with Crippen LogP contribution in [0, 0.1) is 0 Å². The van der Waals surface area contributed by atoms with Crippen molar-refractivity contribution in [2.45, 2.75) is 0 Å². The van der Waals surface area contributed by atoms with E-state index in [2.05, 4.69) is 9.98 Å². The van der Waals surface area contributed by atoms with Crippen LogP contribution in [0.3, 0.4) is 0 Å². The molecule has 0 amide bonds. The minimum absolute atomic E-state index is 0.184. The van der Waals surface area contributed by atoms with Gasteiger partial charge in [0, 0.05) is 10.6 Å². The van der Waals surface area contributed by atoms with E-state index in [1.807, 2.05) is 0 Å². The maximum absolute atomic E-state index is 9.91. The van der Waals surface area contributed by atoms with E-state index in [0.717, 1.165) is 0 Å². The van der Waals surface area contributed by atoms with Gasteiger partial charge in [-0.05, 0) is 36.4 Å².